The van der Waals surface area contributed by atoms with Crippen molar-refractivity contribution in [3.63, 3.8) is 0 Å². The first-order valence-electron chi connectivity index (χ1n) is 5.85. The first-order valence-corrected chi connectivity index (χ1v) is 6.66. The van der Waals surface area contributed by atoms with Crippen LogP contribution >= 0.6 is 11.8 Å². The number of nitrogens with zero attached hydrogens (tertiary/aromatic N) is 2. The average molecular weight is 284 g/mol. The zero-order chi connectivity index (χ0) is 14.4. The van der Waals surface area contributed by atoms with E-state index < -0.39 is 0 Å². The number of pyridine rings is 1. The topological polar surface area (TPSA) is 60.0 Å². The maximum absolute atomic E-state index is 11.5. The van der Waals surface area contributed by atoms with Gasteiger partial charge < -0.3 is 9.94 Å². The molecule has 0 amide bonds. The van der Waals surface area contributed by atoms with Gasteiger partial charge in [0.05, 0.1) is 12.0 Å². The molecule has 0 aliphatic heterocycles. The van der Waals surface area contributed by atoms with Crippen molar-refractivity contribution in [3.8, 4) is 11.8 Å². The summed E-state index contributed by atoms with van der Waals surface area (Å²) < 4.78 is 5.82. The summed E-state index contributed by atoms with van der Waals surface area (Å²) in [6.45, 7) is 0. The van der Waals surface area contributed by atoms with Crippen LogP contribution in [-0.4, -0.2) is 7.11 Å². The zero-order valence-electron chi connectivity index (χ0n) is 10.8. The van der Waals surface area contributed by atoms with Gasteiger partial charge in [-0.15, -0.1) is 0 Å². The highest BCUT2D eigenvalue weighted by molar-refractivity contribution is 8.03. The van der Waals surface area contributed by atoms with Crippen LogP contribution in [0.15, 0.2) is 58.6 Å². The van der Waals surface area contributed by atoms with Gasteiger partial charge in [0.15, 0.2) is 6.20 Å². The lowest BCUT2D eigenvalue weighted by Gasteiger charge is -2.02. The van der Waals surface area contributed by atoms with Crippen LogP contribution in [0, 0.1) is 16.5 Å². The minimum absolute atomic E-state index is 0.450. The van der Waals surface area contributed by atoms with E-state index in [0.717, 1.165) is 27.8 Å². The van der Waals surface area contributed by atoms with Gasteiger partial charge in [0.25, 0.3) is 5.03 Å². The van der Waals surface area contributed by atoms with Crippen molar-refractivity contribution >= 4 is 17.8 Å². The van der Waals surface area contributed by atoms with Crippen molar-refractivity contribution in [3.05, 3.63) is 64.3 Å². The summed E-state index contributed by atoms with van der Waals surface area (Å²) in [5, 5.41) is 21.2. The van der Waals surface area contributed by atoms with Gasteiger partial charge in [-0.3, -0.25) is 0 Å². The number of rotatable bonds is 4. The van der Waals surface area contributed by atoms with Crippen molar-refractivity contribution in [1.29, 1.82) is 5.26 Å². The summed E-state index contributed by atoms with van der Waals surface area (Å²) in [5.74, 6) is 0.758. The monoisotopic (exact) mass is 284 g/mol. The van der Waals surface area contributed by atoms with Crippen LogP contribution in [-0.2, 0) is 0 Å². The smallest absolute Gasteiger partial charge is 0.256 e. The third kappa shape index (κ3) is 3.53. The maximum Gasteiger partial charge on any atom is 0.256 e. The third-order valence-corrected chi connectivity index (χ3v) is 3.48. The lowest BCUT2D eigenvalue weighted by Crippen LogP contribution is -2.27. The Morgan fingerprint density at radius 2 is 2.05 bits per heavy atom. The second kappa shape index (κ2) is 6.64. The normalized spacial score (nSPS) is 10.9. The molecule has 100 valence electrons. The molecule has 2 aromatic rings. The minimum atomic E-state index is 0.450. The highest BCUT2D eigenvalue weighted by Crippen LogP contribution is 2.25. The first kappa shape index (κ1) is 14.0. The Labute approximate surface area is 121 Å². The predicted octanol–water partition coefficient (Wildman–Crippen LogP) is 2.99. The van der Waals surface area contributed by atoms with Crippen molar-refractivity contribution in [2.45, 2.75) is 5.03 Å². The Morgan fingerprint density at radius 1 is 1.30 bits per heavy atom. The average Bonchev–Trinajstić information content (AvgIpc) is 2.49. The quantitative estimate of drug-likeness (QED) is 0.375. The Hall–Kier alpha value is -2.45. The van der Waals surface area contributed by atoms with Crippen LogP contribution < -0.4 is 9.47 Å². The van der Waals surface area contributed by atoms with Crippen molar-refractivity contribution in [2.24, 2.45) is 0 Å². The van der Waals surface area contributed by atoms with E-state index in [1.165, 1.54) is 6.20 Å². The Kier molecular flexibility index (Phi) is 4.64. The molecular weight excluding hydrogens is 272 g/mol. The summed E-state index contributed by atoms with van der Waals surface area (Å²) in [7, 11) is 1.60. The minimum Gasteiger partial charge on any atom is -0.618 e. The summed E-state index contributed by atoms with van der Waals surface area (Å²) in [6, 6.07) is 14.5. The number of methoxy groups -OCH3 is 1. The highest BCUT2D eigenvalue weighted by Gasteiger charge is 2.08. The number of benzene rings is 1. The fraction of sp³-hybridized carbons (Fsp3) is 0.0667. The Balaban J connectivity index is 2.21. The number of hydrogen-bond donors (Lipinski definition) is 0. The maximum atomic E-state index is 11.5. The van der Waals surface area contributed by atoms with Crippen LogP contribution in [0.5, 0.6) is 5.75 Å². The molecule has 0 bridgehead atoms. The predicted molar refractivity (Wildman–Crippen MR) is 77.8 cm³/mol. The molecule has 0 fully saturated rings. The highest BCUT2D eigenvalue weighted by atomic mass is 32.2. The molecule has 4 nitrogen and oxygen atoms in total. The molecule has 0 radical (unpaired) electrons. The number of ether oxygens (including phenoxy) is 1. The molecular formula is C15H12N2O2S. The Bertz CT molecular complexity index is 660. The van der Waals surface area contributed by atoms with E-state index in [-0.39, 0.29) is 0 Å². The largest absolute Gasteiger partial charge is 0.618 e. The molecule has 0 aliphatic carbocycles. The van der Waals surface area contributed by atoms with Gasteiger partial charge in [-0.05, 0) is 41.6 Å². The van der Waals surface area contributed by atoms with Gasteiger partial charge in [-0.2, -0.15) is 9.99 Å². The van der Waals surface area contributed by atoms with Crippen molar-refractivity contribution in [1.82, 2.24) is 0 Å². The molecule has 0 unspecified atom stereocenters. The molecule has 1 aromatic heterocycles. The van der Waals surface area contributed by atoms with Crippen LogP contribution in [0.1, 0.15) is 5.56 Å². The fourth-order valence-electron chi connectivity index (χ4n) is 1.54. The zero-order valence-corrected chi connectivity index (χ0v) is 11.6. The van der Waals surface area contributed by atoms with Gasteiger partial charge in [0.1, 0.15) is 11.8 Å². The van der Waals surface area contributed by atoms with Gasteiger partial charge >= 0.3 is 0 Å². The molecule has 2 rings (SSSR count). The number of aromatic nitrogens is 1. The molecule has 0 saturated carbocycles. The second-order valence-electron chi connectivity index (χ2n) is 3.86. The number of nitriles is 1. The molecule has 1 heterocycles. The van der Waals surface area contributed by atoms with E-state index in [2.05, 4.69) is 6.07 Å². The number of thioether (sulfide) groups is 1. The summed E-state index contributed by atoms with van der Waals surface area (Å²) in [5.41, 5.74) is 0.878. The lowest BCUT2D eigenvalue weighted by molar-refractivity contribution is -0.645. The van der Waals surface area contributed by atoms with E-state index in [4.69, 9.17) is 10.00 Å². The van der Waals surface area contributed by atoms with E-state index in [1.54, 1.807) is 31.4 Å². The second-order valence-corrected chi connectivity index (χ2v) is 4.92. The first-order chi connectivity index (χ1) is 9.72. The lowest BCUT2D eigenvalue weighted by atomic mass is 10.2. The van der Waals surface area contributed by atoms with Crippen molar-refractivity contribution < 1.29 is 9.47 Å². The molecule has 0 spiro atoms. The van der Waals surface area contributed by atoms with Crippen LogP contribution in [0.3, 0.4) is 0 Å². The summed E-state index contributed by atoms with van der Waals surface area (Å²) in [6.07, 6.45) is 3.14. The molecule has 0 aliphatic rings. The molecule has 1 aromatic carbocycles. The molecule has 0 saturated heterocycles. The van der Waals surface area contributed by atoms with Gasteiger partial charge in [0.2, 0.25) is 0 Å². The van der Waals surface area contributed by atoms with Crippen LogP contribution in [0.25, 0.3) is 6.08 Å². The SMILES string of the molecule is COc1ccc(/C=C(/C#N)Sc2cccc[n+]2[O-])cc1. The van der Waals surface area contributed by atoms with Gasteiger partial charge in [-0.25, -0.2) is 0 Å². The molecule has 20 heavy (non-hydrogen) atoms. The van der Waals surface area contributed by atoms with E-state index >= 15 is 0 Å². The fourth-order valence-corrected chi connectivity index (χ4v) is 2.30. The van der Waals surface area contributed by atoms with E-state index in [0.29, 0.717) is 9.93 Å². The van der Waals surface area contributed by atoms with E-state index in [9.17, 15) is 5.21 Å². The summed E-state index contributed by atoms with van der Waals surface area (Å²) >= 11 is 1.14. The van der Waals surface area contributed by atoms with Gasteiger partial charge in [0, 0.05) is 12.1 Å². The van der Waals surface area contributed by atoms with E-state index in [1.807, 2.05) is 24.3 Å². The van der Waals surface area contributed by atoms with Crippen molar-refractivity contribution in [2.75, 3.05) is 7.11 Å². The summed E-state index contributed by atoms with van der Waals surface area (Å²) in [4.78, 5) is 0.450. The molecule has 5 heteroatoms. The molecule has 0 atom stereocenters. The molecule has 0 N–H and O–H groups in total. The number of hydrogen-bond acceptors (Lipinski definition) is 4. The van der Waals surface area contributed by atoms with Crippen LogP contribution in [0.2, 0.25) is 0 Å². The third-order valence-electron chi connectivity index (χ3n) is 2.53. The van der Waals surface area contributed by atoms with Crippen LogP contribution in [0.4, 0.5) is 0 Å². The Morgan fingerprint density at radius 3 is 2.65 bits per heavy atom. The number of allylic oxidation sites excluding steroid dienone is 1. The standard InChI is InChI=1S/C15H12N2O2S/c1-19-13-7-5-12(6-8-13)10-14(11-16)20-15-4-2-3-9-17(15)18/h2-10H,1H3/b14-10-. The van der Waals surface area contributed by atoms with Gasteiger partial charge in [-0.1, -0.05) is 12.1 Å².